The molecule has 0 aromatic carbocycles. The molecule has 0 aromatic heterocycles. The molecule has 0 amide bonds. The fourth-order valence-corrected chi connectivity index (χ4v) is 11.7. The van der Waals surface area contributed by atoms with Crippen LogP contribution in [0, 0.1) is 56.7 Å². The minimum absolute atomic E-state index is 0.479. The van der Waals surface area contributed by atoms with Gasteiger partial charge in [-0.2, -0.15) is 0 Å². The van der Waals surface area contributed by atoms with Gasteiger partial charge in [0.25, 0.3) is 0 Å². The Bertz CT molecular complexity index is 745. The van der Waals surface area contributed by atoms with E-state index in [0.717, 1.165) is 29.6 Å². The summed E-state index contributed by atoms with van der Waals surface area (Å²) < 4.78 is 0. The lowest BCUT2D eigenvalue weighted by Crippen LogP contribution is -2.65. The topological polar surface area (TPSA) is 0 Å². The number of hydrogen-bond donors (Lipinski definition) is 0. The van der Waals surface area contributed by atoms with E-state index in [1.54, 1.807) is 5.57 Å². The molecule has 0 unspecified atom stereocenters. The second kappa shape index (κ2) is 6.41. The van der Waals surface area contributed by atoms with Crippen LogP contribution in [0.4, 0.5) is 0 Å². The second-order valence-corrected chi connectivity index (χ2v) is 14.4. The van der Waals surface area contributed by atoms with Crippen molar-refractivity contribution in [3.63, 3.8) is 0 Å². The van der Waals surface area contributed by atoms with Crippen molar-refractivity contribution in [2.75, 3.05) is 0 Å². The lowest BCUT2D eigenvalue weighted by Gasteiger charge is -2.73. The number of allylic oxidation sites excluding steroid dienone is 2. The normalized spacial score (nSPS) is 57.8. The lowest BCUT2D eigenvalue weighted by atomic mass is 9.32. The average Bonchev–Trinajstić information content (AvgIpc) is 3.04. The second-order valence-electron chi connectivity index (χ2n) is 14.4. The maximum Gasteiger partial charge on any atom is -0.00854 e. The van der Waals surface area contributed by atoms with Gasteiger partial charge in [-0.3, -0.25) is 0 Å². The minimum atomic E-state index is 0.479. The molecule has 4 fully saturated rings. The molecule has 0 saturated heterocycles. The van der Waals surface area contributed by atoms with Crippen LogP contribution < -0.4 is 0 Å². The smallest absolute Gasteiger partial charge is 0.00854 e. The third kappa shape index (κ3) is 2.36. The lowest BCUT2D eigenvalue weighted by molar-refractivity contribution is -0.235. The summed E-state index contributed by atoms with van der Waals surface area (Å²) in [5.41, 5.74) is 4.47. The van der Waals surface area contributed by atoms with Crippen LogP contribution in [0.5, 0.6) is 0 Å². The predicted molar refractivity (Wildman–Crippen MR) is 129 cm³/mol. The van der Waals surface area contributed by atoms with Crippen molar-refractivity contribution in [1.82, 2.24) is 0 Å². The van der Waals surface area contributed by atoms with Gasteiger partial charge in [-0.05, 0) is 128 Å². The van der Waals surface area contributed by atoms with E-state index < -0.39 is 0 Å². The molecule has 5 rings (SSSR count). The highest BCUT2D eigenvalue weighted by Gasteiger charge is 2.71. The van der Waals surface area contributed by atoms with Gasteiger partial charge in [-0.15, -0.1) is 0 Å². The molecular formula is C30H50. The van der Waals surface area contributed by atoms with Gasteiger partial charge in [0.2, 0.25) is 0 Å². The largest absolute Gasteiger partial charge is 0.0850 e. The Morgan fingerprint density at radius 1 is 0.700 bits per heavy atom. The third-order valence-corrected chi connectivity index (χ3v) is 13.5. The summed E-state index contributed by atoms with van der Waals surface area (Å²) >= 11 is 0. The first kappa shape index (κ1) is 21.6. The van der Waals surface area contributed by atoms with Crippen LogP contribution in [0.25, 0.3) is 0 Å². The van der Waals surface area contributed by atoms with Crippen molar-refractivity contribution in [3.8, 4) is 0 Å². The molecular weight excluding hydrogens is 360 g/mol. The Morgan fingerprint density at radius 3 is 1.93 bits per heavy atom. The van der Waals surface area contributed by atoms with E-state index in [-0.39, 0.29) is 0 Å². The van der Waals surface area contributed by atoms with Crippen molar-refractivity contribution in [3.05, 3.63) is 11.6 Å². The predicted octanol–water partition coefficient (Wildman–Crippen LogP) is 9.05. The molecule has 0 bridgehead atoms. The molecule has 9 atom stereocenters. The maximum absolute atomic E-state index is 2.80. The SMILES string of the molecule is CC1=CCC[C@H]2[C@]3(C)CC[C@@]4(C)[C@@H]5CC[C@H](C(C)C)[C@@]5(C)CC[C@]4(C)[C@H]3CC[C@]12C. The van der Waals surface area contributed by atoms with Gasteiger partial charge < -0.3 is 0 Å². The molecule has 0 aromatic rings. The molecule has 5 aliphatic carbocycles. The van der Waals surface area contributed by atoms with E-state index in [1.165, 1.54) is 64.2 Å². The Labute approximate surface area is 188 Å². The van der Waals surface area contributed by atoms with Gasteiger partial charge in [0.15, 0.2) is 0 Å². The van der Waals surface area contributed by atoms with Crippen molar-refractivity contribution >= 4 is 0 Å². The summed E-state index contributed by atoms with van der Waals surface area (Å²) in [5.74, 6) is 4.62. The summed E-state index contributed by atoms with van der Waals surface area (Å²) in [6.45, 7) is 21.2. The van der Waals surface area contributed by atoms with Crippen molar-refractivity contribution in [2.45, 2.75) is 120 Å². The third-order valence-electron chi connectivity index (χ3n) is 13.5. The highest BCUT2D eigenvalue weighted by atomic mass is 14.7. The van der Waals surface area contributed by atoms with Crippen molar-refractivity contribution < 1.29 is 0 Å². The van der Waals surface area contributed by atoms with Crippen molar-refractivity contribution in [1.29, 1.82) is 0 Å². The summed E-state index contributed by atoms with van der Waals surface area (Å²) in [5, 5.41) is 0. The standard InChI is InChI=1S/C30H50/c1-20(2)22-12-13-24-27(22,5)16-18-30(8)25-14-15-26(4)21(3)10-9-11-23(26)28(25,6)17-19-29(24,30)7/h10,20,22-25H,9,11-19H2,1-8H3/t22-,23-,24-,25+,26-,27-,28+,29+,30-/m1/s1. The Kier molecular flexibility index (Phi) is 4.61. The van der Waals surface area contributed by atoms with Gasteiger partial charge in [0.05, 0.1) is 0 Å². The maximum atomic E-state index is 2.80. The highest BCUT2D eigenvalue weighted by Crippen LogP contribution is 2.78. The van der Waals surface area contributed by atoms with Crippen LogP contribution in [-0.4, -0.2) is 0 Å². The minimum Gasteiger partial charge on any atom is -0.0850 e. The first-order chi connectivity index (χ1) is 13.9. The number of hydrogen-bond acceptors (Lipinski definition) is 0. The Morgan fingerprint density at radius 2 is 1.30 bits per heavy atom. The van der Waals surface area contributed by atoms with Crippen molar-refractivity contribution in [2.24, 2.45) is 56.7 Å². The molecule has 0 N–H and O–H groups in total. The fraction of sp³-hybridized carbons (Fsp3) is 0.933. The molecule has 0 aliphatic heterocycles. The molecule has 5 aliphatic rings. The van der Waals surface area contributed by atoms with Crippen LogP contribution in [0.3, 0.4) is 0 Å². The van der Waals surface area contributed by atoms with Crippen LogP contribution in [0.1, 0.15) is 120 Å². The van der Waals surface area contributed by atoms with Gasteiger partial charge >= 0.3 is 0 Å². The fourth-order valence-electron chi connectivity index (χ4n) is 11.7. The molecule has 4 saturated carbocycles. The zero-order valence-corrected chi connectivity index (χ0v) is 21.5. The number of fused-ring (bicyclic) bond motifs is 7. The van der Waals surface area contributed by atoms with Crippen LogP contribution in [-0.2, 0) is 0 Å². The van der Waals surface area contributed by atoms with Gasteiger partial charge in [0, 0.05) is 0 Å². The summed E-state index contributed by atoms with van der Waals surface area (Å²) in [6.07, 6.45) is 17.3. The molecule has 170 valence electrons. The summed E-state index contributed by atoms with van der Waals surface area (Å²) in [6, 6.07) is 0. The molecule has 0 heterocycles. The monoisotopic (exact) mass is 410 g/mol. The summed E-state index contributed by atoms with van der Waals surface area (Å²) in [7, 11) is 0. The van der Waals surface area contributed by atoms with E-state index >= 15 is 0 Å². The van der Waals surface area contributed by atoms with E-state index in [0.29, 0.717) is 27.1 Å². The van der Waals surface area contributed by atoms with E-state index in [9.17, 15) is 0 Å². The first-order valence-electron chi connectivity index (χ1n) is 13.6. The molecule has 0 spiro atoms. The molecule has 30 heavy (non-hydrogen) atoms. The molecule has 0 heteroatoms. The zero-order valence-electron chi connectivity index (χ0n) is 21.5. The zero-order chi connectivity index (χ0) is 21.7. The highest BCUT2D eigenvalue weighted by molar-refractivity contribution is 5.25. The van der Waals surface area contributed by atoms with Crippen LogP contribution in [0.15, 0.2) is 11.6 Å². The van der Waals surface area contributed by atoms with Gasteiger partial charge in [-0.25, -0.2) is 0 Å². The van der Waals surface area contributed by atoms with Crippen LogP contribution >= 0.6 is 0 Å². The average molecular weight is 411 g/mol. The Balaban J connectivity index is 1.54. The van der Waals surface area contributed by atoms with E-state index in [1.807, 2.05) is 0 Å². The Hall–Kier alpha value is -0.260. The number of rotatable bonds is 1. The molecule has 0 nitrogen and oxygen atoms in total. The quantitative estimate of drug-likeness (QED) is 0.378. The van der Waals surface area contributed by atoms with Gasteiger partial charge in [-0.1, -0.05) is 60.1 Å². The van der Waals surface area contributed by atoms with Crippen LogP contribution in [0.2, 0.25) is 0 Å². The summed E-state index contributed by atoms with van der Waals surface area (Å²) in [4.78, 5) is 0. The van der Waals surface area contributed by atoms with E-state index in [4.69, 9.17) is 0 Å². The molecule has 0 radical (unpaired) electrons. The van der Waals surface area contributed by atoms with E-state index in [2.05, 4.69) is 61.5 Å². The van der Waals surface area contributed by atoms with Gasteiger partial charge in [0.1, 0.15) is 0 Å². The first-order valence-corrected chi connectivity index (χ1v) is 13.6.